The van der Waals surface area contributed by atoms with E-state index in [-0.39, 0.29) is 36.8 Å². The molecule has 8 heteroatoms. The average Bonchev–Trinajstić information content (AvgIpc) is 3.20. The Balaban J connectivity index is 0.00000182. The van der Waals surface area contributed by atoms with Crippen molar-refractivity contribution in [1.29, 1.82) is 0 Å². The van der Waals surface area contributed by atoms with E-state index in [1.807, 2.05) is 16.7 Å². The smallest absolute Gasteiger partial charge is 0.239 e. The fourth-order valence-corrected chi connectivity index (χ4v) is 4.37. The molecule has 6 nitrogen and oxygen atoms in total. The summed E-state index contributed by atoms with van der Waals surface area (Å²) in [5, 5.41) is 3.38. The van der Waals surface area contributed by atoms with Crippen LogP contribution < -0.4 is 5.32 Å². The predicted molar refractivity (Wildman–Crippen MR) is 113 cm³/mol. The van der Waals surface area contributed by atoms with Crippen LogP contribution in [0.1, 0.15) is 45.4 Å². The Morgan fingerprint density at radius 1 is 0.926 bits per heavy atom. The first-order chi connectivity index (χ1) is 12.1. The minimum absolute atomic E-state index is 0. The van der Waals surface area contributed by atoms with Gasteiger partial charge in [-0.2, -0.15) is 0 Å². The summed E-state index contributed by atoms with van der Waals surface area (Å²) in [6, 6.07) is -0.0508. The highest BCUT2D eigenvalue weighted by molar-refractivity contribution is 5.85. The molecule has 3 heterocycles. The SMILES string of the molecule is CC(C(=O)N1CCCC1)N1CCN(C(=O)CCC2CCNCC2)CC1.Cl.Cl. The third-order valence-corrected chi connectivity index (χ3v) is 6.21. The number of hydrogen-bond donors (Lipinski definition) is 1. The molecule has 0 aromatic rings. The molecule has 3 aliphatic rings. The minimum atomic E-state index is -0.0508. The van der Waals surface area contributed by atoms with Crippen LogP contribution in [0.5, 0.6) is 0 Å². The first-order valence-electron chi connectivity index (χ1n) is 10.2. The molecule has 3 saturated heterocycles. The summed E-state index contributed by atoms with van der Waals surface area (Å²) in [6.07, 6.45) is 6.40. The maximum Gasteiger partial charge on any atom is 0.239 e. The van der Waals surface area contributed by atoms with Crippen molar-refractivity contribution < 1.29 is 9.59 Å². The molecule has 0 spiro atoms. The number of carbonyl (C=O) groups excluding carboxylic acids is 2. The third kappa shape index (κ3) is 6.77. The lowest BCUT2D eigenvalue weighted by molar-refractivity contribution is -0.138. The van der Waals surface area contributed by atoms with Crippen LogP contribution in [-0.4, -0.2) is 84.9 Å². The highest BCUT2D eigenvalue weighted by atomic mass is 35.5. The average molecular weight is 423 g/mol. The summed E-state index contributed by atoms with van der Waals surface area (Å²) in [5.41, 5.74) is 0. The van der Waals surface area contributed by atoms with Crippen molar-refractivity contribution in [3.63, 3.8) is 0 Å². The number of carbonyl (C=O) groups is 2. The second-order valence-corrected chi connectivity index (χ2v) is 7.86. The van der Waals surface area contributed by atoms with Gasteiger partial charge >= 0.3 is 0 Å². The van der Waals surface area contributed by atoms with Crippen molar-refractivity contribution >= 4 is 36.6 Å². The number of amides is 2. The van der Waals surface area contributed by atoms with E-state index in [1.165, 1.54) is 12.8 Å². The fraction of sp³-hybridized carbons (Fsp3) is 0.895. The fourth-order valence-electron chi connectivity index (χ4n) is 4.37. The molecule has 0 radical (unpaired) electrons. The molecule has 0 bridgehead atoms. The Kier molecular flexibility index (Phi) is 11.0. The van der Waals surface area contributed by atoms with Crippen molar-refractivity contribution in [2.75, 3.05) is 52.4 Å². The normalized spacial score (nSPS) is 22.7. The van der Waals surface area contributed by atoms with E-state index in [4.69, 9.17) is 0 Å². The van der Waals surface area contributed by atoms with E-state index in [0.717, 1.165) is 71.6 Å². The standard InChI is InChI=1S/C19H34N4O2.2ClH/c1-16(19(25)23-10-2-3-11-23)21-12-14-22(15-13-21)18(24)5-4-17-6-8-20-9-7-17;;/h16-17,20H,2-15H2,1H3;2*1H. The van der Waals surface area contributed by atoms with Crippen molar-refractivity contribution in [3.05, 3.63) is 0 Å². The number of piperidine rings is 1. The van der Waals surface area contributed by atoms with Crippen LogP contribution >= 0.6 is 24.8 Å². The molecular weight excluding hydrogens is 387 g/mol. The zero-order chi connectivity index (χ0) is 17.6. The molecule has 3 aliphatic heterocycles. The molecular formula is C19H36Cl2N4O2. The number of likely N-dealkylation sites (tertiary alicyclic amines) is 1. The van der Waals surface area contributed by atoms with Crippen molar-refractivity contribution in [2.24, 2.45) is 5.92 Å². The van der Waals surface area contributed by atoms with Crippen LogP contribution in [0.25, 0.3) is 0 Å². The van der Waals surface area contributed by atoms with Gasteiger partial charge in [-0.05, 0) is 58.0 Å². The van der Waals surface area contributed by atoms with Crippen LogP contribution in [0.2, 0.25) is 0 Å². The molecule has 1 unspecified atom stereocenters. The van der Waals surface area contributed by atoms with Gasteiger partial charge in [-0.1, -0.05) is 0 Å². The van der Waals surface area contributed by atoms with E-state index < -0.39 is 0 Å². The maximum absolute atomic E-state index is 12.5. The lowest BCUT2D eigenvalue weighted by Gasteiger charge is -2.38. The molecule has 1 N–H and O–H groups in total. The number of hydrogen-bond acceptors (Lipinski definition) is 4. The van der Waals surface area contributed by atoms with Gasteiger partial charge in [-0.3, -0.25) is 14.5 Å². The Morgan fingerprint density at radius 2 is 1.52 bits per heavy atom. The quantitative estimate of drug-likeness (QED) is 0.733. The zero-order valence-electron chi connectivity index (χ0n) is 16.5. The zero-order valence-corrected chi connectivity index (χ0v) is 18.2. The number of halogens is 2. The molecule has 1 atom stereocenters. The molecule has 0 saturated carbocycles. The molecule has 0 aromatic carbocycles. The Morgan fingerprint density at radius 3 is 2.11 bits per heavy atom. The maximum atomic E-state index is 12.5. The Labute approximate surface area is 176 Å². The summed E-state index contributed by atoms with van der Waals surface area (Å²) in [6.45, 7) is 9.22. The summed E-state index contributed by atoms with van der Waals surface area (Å²) in [7, 11) is 0. The van der Waals surface area contributed by atoms with Crippen LogP contribution in [0.15, 0.2) is 0 Å². The first kappa shape index (κ1) is 24.5. The van der Waals surface area contributed by atoms with Gasteiger partial charge in [0.1, 0.15) is 0 Å². The van der Waals surface area contributed by atoms with Crippen LogP contribution in [0, 0.1) is 5.92 Å². The van der Waals surface area contributed by atoms with Gasteiger partial charge in [0.25, 0.3) is 0 Å². The van der Waals surface area contributed by atoms with E-state index in [0.29, 0.717) is 18.2 Å². The molecule has 3 fully saturated rings. The second-order valence-electron chi connectivity index (χ2n) is 7.86. The van der Waals surface area contributed by atoms with Gasteiger partial charge in [-0.15, -0.1) is 24.8 Å². The highest BCUT2D eigenvalue weighted by Crippen LogP contribution is 2.19. The first-order valence-corrected chi connectivity index (χ1v) is 10.2. The monoisotopic (exact) mass is 422 g/mol. The number of piperazine rings is 1. The van der Waals surface area contributed by atoms with Gasteiger partial charge in [0.15, 0.2) is 0 Å². The van der Waals surface area contributed by atoms with Gasteiger partial charge < -0.3 is 15.1 Å². The van der Waals surface area contributed by atoms with E-state index in [9.17, 15) is 9.59 Å². The largest absolute Gasteiger partial charge is 0.341 e. The summed E-state index contributed by atoms with van der Waals surface area (Å²) < 4.78 is 0. The topological polar surface area (TPSA) is 55.9 Å². The Bertz CT molecular complexity index is 461. The Hall–Kier alpha value is -0.560. The molecule has 0 aliphatic carbocycles. The molecule has 27 heavy (non-hydrogen) atoms. The lowest BCUT2D eigenvalue weighted by Crippen LogP contribution is -2.55. The van der Waals surface area contributed by atoms with Gasteiger partial charge in [0, 0.05) is 45.7 Å². The lowest BCUT2D eigenvalue weighted by atomic mass is 9.93. The van der Waals surface area contributed by atoms with E-state index in [1.54, 1.807) is 0 Å². The second kappa shape index (κ2) is 12.1. The van der Waals surface area contributed by atoms with Crippen LogP contribution in [-0.2, 0) is 9.59 Å². The predicted octanol–water partition coefficient (Wildman–Crippen LogP) is 1.76. The van der Waals surface area contributed by atoms with Gasteiger partial charge in [0.2, 0.25) is 11.8 Å². The number of rotatable bonds is 5. The molecule has 158 valence electrons. The van der Waals surface area contributed by atoms with E-state index in [2.05, 4.69) is 10.2 Å². The van der Waals surface area contributed by atoms with Crippen LogP contribution in [0.4, 0.5) is 0 Å². The van der Waals surface area contributed by atoms with Crippen LogP contribution in [0.3, 0.4) is 0 Å². The van der Waals surface area contributed by atoms with Crippen molar-refractivity contribution in [2.45, 2.75) is 51.5 Å². The van der Waals surface area contributed by atoms with E-state index >= 15 is 0 Å². The van der Waals surface area contributed by atoms with Crippen molar-refractivity contribution in [3.8, 4) is 0 Å². The molecule has 0 aromatic heterocycles. The van der Waals surface area contributed by atoms with Gasteiger partial charge in [-0.25, -0.2) is 0 Å². The number of nitrogens with zero attached hydrogens (tertiary/aromatic N) is 3. The van der Waals surface area contributed by atoms with Crippen molar-refractivity contribution in [1.82, 2.24) is 20.0 Å². The third-order valence-electron chi connectivity index (χ3n) is 6.21. The summed E-state index contributed by atoms with van der Waals surface area (Å²) >= 11 is 0. The summed E-state index contributed by atoms with van der Waals surface area (Å²) in [4.78, 5) is 31.3. The van der Waals surface area contributed by atoms with Gasteiger partial charge in [0.05, 0.1) is 6.04 Å². The highest BCUT2D eigenvalue weighted by Gasteiger charge is 2.31. The molecule has 2 amide bonds. The molecule has 3 rings (SSSR count). The minimum Gasteiger partial charge on any atom is -0.341 e. The number of nitrogens with one attached hydrogen (secondary N) is 1. The summed E-state index contributed by atoms with van der Waals surface area (Å²) in [5.74, 6) is 1.28.